The van der Waals surface area contributed by atoms with Gasteiger partial charge < -0.3 is 5.11 Å². The highest BCUT2D eigenvalue weighted by atomic mass is 19.1. The summed E-state index contributed by atoms with van der Waals surface area (Å²) in [4.78, 5) is 0. The van der Waals surface area contributed by atoms with Gasteiger partial charge in [-0.15, -0.1) is 0 Å². The van der Waals surface area contributed by atoms with Crippen LogP contribution in [0.2, 0.25) is 0 Å². The van der Waals surface area contributed by atoms with E-state index in [2.05, 4.69) is 6.92 Å². The minimum atomic E-state index is -0.182. The number of halogens is 1. The predicted octanol–water partition coefficient (Wildman–Crippen LogP) is 2.78. The van der Waals surface area contributed by atoms with E-state index in [1.165, 1.54) is 17.7 Å². The van der Waals surface area contributed by atoms with Crippen molar-refractivity contribution in [2.75, 3.05) is 0 Å². The molecule has 1 aliphatic rings. The topological polar surface area (TPSA) is 20.2 Å². The van der Waals surface area contributed by atoms with Gasteiger partial charge >= 0.3 is 0 Å². The third-order valence-corrected chi connectivity index (χ3v) is 3.59. The monoisotopic (exact) mass is 208 g/mol. The Bertz CT molecular complexity index is 320. The summed E-state index contributed by atoms with van der Waals surface area (Å²) in [6.45, 7) is 2.10. The number of benzene rings is 1. The standard InChI is InChI=1S/C13H17FO/c1-9-11(4-7-13(9)15)8-10-2-5-12(14)6-3-10/h2-3,5-6,9,11,13,15H,4,7-8H2,1H3. The molecular weight excluding hydrogens is 191 g/mol. The van der Waals surface area contributed by atoms with Gasteiger partial charge in [0.05, 0.1) is 6.10 Å². The molecule has 0 aromatic heterocycles. The molecule has 0 bridgehead atoms. The maximum Gasteiger partial charge on any atom is 0.123 e. The van der Waals surface area contributed by atoms with Crippen LogP contribution in [0, 0.1) is 17.7 Å². The lowest BCUT2D eigenvalue weighted by Gasteiger charge is -2.17. The van der Waals surface area contributed by atoms with Crippen LogP contribution in [0.1, 0.15) is 25.3 Å². The molecule has 1 aromatic carbocycles. The molecule has 0 heterocycles. The molecule has 0 amide bonds. The van der Waals surface area contributed by atoms with Crippen molar-refractivity contribution in [1.29, 1.82) is 0 Å². The van der Waals surface area contributed by atoms with E-state index in [9.17, 15) is 9.50 Å². The fourth-order valence-electron chi connectivity index (χ4n) is 2.44. The number of hydrogen-bond donors (Lipinski definition) is 1. The summed E-state index contributed by atoms with van der Waals surface area (Å²) in [6.07, 6.45) is 2.81. The molecule has 0 aliphatic heterocycles. The molecule has 0 radical (unpaired) electrons. The van der Waals surface area contributed by atoms with Crippen molar-refractivity contribution >= 4 is 0 Å². The van der Waals surface area contributed by atoms with E-state index < -0.39 is 0 Å². The predicted molar refractivity (Wildman–Crippen MR) is 58.0 cm³/mol. The Balaban J connectivity index is 2.00. The number of rotatable bonds is 2. The van der Waals surface area contributed by atoms with E-state index in [4.69, 9.17) is 0 Å². The van der Waals surface area contributed by atoms with E-state index in [1.54, 1.807) is 0 Å². The Morgan fingerprint density at radius 2 is 1.93 bits per heavy atom. The minimum Gasteiger partial charge on any atom is -0.393 e. The molecule has 1 nitrogen and oxygen atoms in total. The smallest absolute Gasteiger partial charge is 0.123 e. The van der Waals surface area contributed by atoms with Crippen LogP contribution in [-0.2, 0) is 6.42 Å². The summed E-state index contributed by atoms with van der Waals surface area (Å²) in [5.74, 6) is 0.735. The summed E-state index contributed by atoms with van der Waals surface area (Å²) < 4.78 is 12.7. The summed E-state index contributed by atoms with van der Waals surface area (Å²) in [5.41, 5.74) is 1.17. The normalized spacial score (nSPS) is 30.7. The van der Waals surface area contributed by atoms with Gasteiger partial charge in [-0.2, -0.15) is 0 Å². The van der Waals surface area contributed by atoms with Crippen LogP contribution in [0.25, 0.3) is 0 Å². The second-order valence-electron chi connectivity index (χ2n) is 4.59. The molecule has 2 heteroatoms. The van der Waals surface area contributed by atoms with Crippen LogP contribution in [-0.4, -0.2) is 11.2 Å². The zero-order valence-electron chi connectivity index (χ0n) is 8.99. The molecule has 15 heavy (non-hydrogen) atoms. The summed E-state index contributed by atoms with van der Waals surface area (Å²) in [6, 6.07) is 6.69. The van der Waals surface area contributed by atoms with Crippen molar-refractivity contribution in [3.8, 4) is 0 Å². The second kappa shape index (κ2) is 4.31. The highest BCUT2D eigenvalue weighted by Crippen LogP contribution is 2.34. The molecule has 1 aliphatic carbocycles. The maximum absolute atomic E-state index is 12.7. The Morgan fingerprint density at radius 1 is 1.27 bits per heavy atom. The van der Waals surface area contributed by atoms with Crippen molar-refractivity contribution in [3.63, 3.8) is 0 Å². The highest BCUT2D eigenvalue weighted by molar-refractivity contribution is 5.17. The molecule has 82 valence electrons. The van der Waals surface area contributed by atoms with Crippen molar-refractivity contribution in [1.82, 2.24) is 0 Å². The fraction of sp³-hybridized carbons (Fsp3) is 0.538. The fourth-order valence-corrected chi connectivity index (χ4v) is 2.44. The average Bonchev–Trinajstić information content (AvgIpc) is 2.53. The number of hydrogen-bond acceptors (Lipinski definition) is 1. The minimum absolute atomic E-state index is 0.143. The van der Waals surface area contributed by atoms with E-state index in [0.29, 0.717) is 11.8 Å². The first-order valence-electron chi connectivity index (χ1n) is 5.59. The summed E-state index contributed by atoms with van der Waals surface area (Å²) in [7, 11) is 0. The van der Waals surface area contributed by atoms with Gasteiger partial charge in [-0.25, -0.2) is 4.39 Å². The number of aliphatic hydroxyl groups is 1. The van der Waals surface area contributed by atoms with Crippen LogP contribution in [0.4, 0.5) is 4.39 Å². The molecule has 2 rings (SSSR count). The molecule has 0 saturated heterocycles. The number of aliphatic hydroxyl groups excluding tert-OH is 1. The molecule has 0 spiro atoms. The van der Waals surface area contributed by atoms with Gasteiger partial charge in [-0.3, -0.25) is 0 Å². The van der Waals surface area contributed by atoms with Crippen molar-refractivity contribution in [2.45, 2.75) is 32.3 Å². The summed E-state index contributed by atoms with van der Waals surface area (Å²) in [5, 5.41) is 9.63. The van der Waals surface area contributed by atoms with Crippen molar-refractivity contribution < 1.29 is 9.50 Å². The Kier molecular flexibility index (Phi) is 3.06. The SMILES string of the molecule is CC1C(O)CCC1Cc1ccc(F)cc1. The second-order valence-corrected chi connectivity index (χ2v) is 4.59. The van der Waals surface area contributed by atoms with Gasteiger partial charge in [-0.1, -0.05) is 19.1 Å². The molecule has 1 N–H and O–H groups in total. The van der Waals surface area contributed by atoms with E-state index in [0.717, 1.165) is 19.3 Å². The first-order valence-corrected chi connectivity index (χ1v) is 5.59. The highest BCUT2D eigenvalue weighted by Gasteiger charge is 2.30. The van der Waals surface area contributed by atoms with Crippen LogP contribution < -0.4 is 0 Å². The van der Waals surface area contributed by atoms with Crippen LogP contribution in [0.3, 0.4) is 0 Å². The Morgan fingerprint density at radius 3 is 2.47 bits per heavy atom. The van der Waals surface area contributed by atoms with Gasteiger partial charge in [0.1, 0.15) is 5.82 Å². The van der Waals surface area contributed by atoms with Gasteiger partial charge in [-0.05, 0) is 48.8 Å². The van der Waals surface area contributed by atoms with Gasteiger partial charge in [0, 0.05) is 0 Å². The van der Waals surface area contributed by atoms with Crippen molar-refractivity contribution in [2.24, 2.45) is 11.8 Å². The molecule has 1 saturated carbocycles. The lowest BCUT2D eigenvalue weighted by Crippen LogP contribution is -2.16. The average molecular weight is 208 g/mol. The Hall–Kier alpha value is -0.890. The summed E-state index contributed by atoms with van der Waals surface area (Å²) >= 11 is 0. The molecule has 1 fully saturated rings. The lowest BCUT2D eigenvalue weighted by atomic mass is 9.90. The molecule has 3 unspecified atom stereocenters. The van der Waals surface area contributed by atoms with Crippen LogP contribution in [0.5, 0.6) is 0 Å². The molecular formula is C13H17FO. The van der Waals surface area contributed by atoms with E-state index in [-0.39, 0.29) is 11.9 Å². The zero-order valence-corrected chi connectivity index (χ0v) is 8.99. The van der Waals surface area contributed by atoms with Gasteiger partial charge in [0.2, 0.25) is 0 Å². The molecule has 1 aromatic rings. The third kappa shape index (κ3) is 2.37. The lowest BCUT2D eigenvalue weighted by molar-refractivity contribution is 0.127. The van der Waals surface area contributed by atoms with Gasteiger partial charge in [0.25, 0.3) is 0 Å². The van der Waals surface area contributed by atoms with Crippen LogP contribution >= 0.6 is 0 Å². The first-order chi connectivity index (χ1) is 7.16. The zero-order chi connectivity index (χ0) is 10.8. The van der Waals surface area contributed by atoms with E-state index in [1.807, 2.05) is 12.1 Å². The first kappa shape index (κ1) is 10.6. The van der Waals surface area contributed by atoms with Crippen molar-refractivity contribution in [3.05, 3.63) is 35.6 Å². The van der Waals surface area contributed by atoms with Gasteiger partial charge in [0.15, 0.2) is 0 Å². The largest absolute Gasteiger partial charge is 0.393 e. The molecule has 3 atom stereocenters. The Labute approximate surface area is 89.9 Å². The van der Waals surface area contributed by atoms with Crippen LogP contribution in [0.15, 0.2) is 24.3 Å². The maximum atomic E-state index is 12.7. The quantitative estimate of drug-likeness (QED) is 0.792. The third-order valence-electron chi connectivity index (χ3n) is 3.59. The van der Waals surface area contributed by atoms with E-state index >= 15 is 0 Å².